The zero-order valence-corrected chi connectivity index (χ0v) is 11.8. The van der Waals surface area contributed by atoms with Crippen molar-refractivity contribution < 1.29 is 4.21 Å². The van der Waals surface area contributed by atoms with Crippen LogP contribution >= 0.6 is 0 Å². The second kappa shape index (κ2) is 6.13. The molecule has 100 valence electrons. The Morgan fingerprint density at radius 3 is 2.78 bits per heavy atom. The number of hydrogen-bond acceptors (Lipinski definition) is 5. The lowest BCUT2D eigenvalue weighted by molar-refractivity contribution is 0.672. The number of anilines is 2. The molecule has 0 saturated carbocycles. The van der Waals surface area contributed by atoms with E-state index in [1.165, 1.54) is 0 Å². The van der Waals surface area contributed by atoms with Crippen LogP contribution in [-0.4, -0.2) is 45.3 Å². The summed E-state index contributed by atoms with van der Waals surface area (Å²) in [5, 5.41) is 3.31. The fourth-order valence-corrected chi connectivity index (χ4v) is 3.08. The van der Waals surface area contributed by atoms with Crippen molar-refractivity contribution in [1.82, 2.24) is 9.97 Å². The average molecular weight is 268 g/mol. The van der Waals surface area contributed by atoms with E-state index in [-0.39, 0.29) is 0 Å². The summed E-state index contributed by atoms with van der Waals surface area (Å²) < 4.78 is 11.4. The van der Waals surface area contributed by atoms with Gasteiger partial charge in [0.2, 0.25) is 0 Å². The van der Waals surface area contributed by atoms with Crippen LogP contribution in [0.15, 0.2) is 6.33 Å². The highest BCUT2D eigenvalue weighted by molar-refractivity contribution is 7.85. The van der Waals surface area contributed by atoms with Gasteiger partial charge in [-0.15, -0.1) is 0 Å². The van der Waals surface area contributed by atoms with E-state index in [1.54, 1.807) is 6.33 Å². The van der Waals surface area contributed by atoms with Crippen molar-refractivity contribution in [3.05, 3.63) is 11.9 Å². The molecule has 2 rings (SSSR count). The number of rotatable bonds is 4. The summed E-state index contributed by atoms with van der Waals surface area (Å²) in [6.07, 6.45) is 2.67. The highest BCUT2D eigenvalue weighted by atomic mass is 32.2. The van der Waals surface area contributed by atoms with Crippen molar-refractivity contribution in [2.75, 3.05) is 41.4 Å². The predicted octanol–water partition coefficient (Wildman–Crippen LogP) is 1.18. The van der Waals surface area contributed by atoms with Gasteiger partial charge in [-0.25, -0.2) is 9.97 Å². The van der Waals surface area contributed by atoms with Gasteiger partial charge in [-0.05, 0) is 13.3 Å². The van der Waals surface area contributed by atoms with Crippen LogP contribution in [0.4, 0.5) is 11.6 Å². The highest BCUT2D eigenvalue weighted by Crippen LogP contribution is 2.23. The molecule has 0 bridgehead atoms. The third-order valence-electron chi connectivity index (χ3n) is 3.08. The minimum atomic E-state index is -0.652. The summed E-state index contributed by atoms with van der Waals surface area (Å²) in [4.78, 5) is 10.9. The zero-order chi connectivity index (χ0) is 13.0. The van der Waals surface area contributed by atoms with E-state index in [1.807, 2.05) is 6.92 Å². The molecule has 1 aromatic rings. The van der Waals surface area contributed by atoms with E-state index < -0.39 is 10.8 Å². The molecule has 0 atom stereocenters. The third-order valence-corrected chi connectivity index (χ3v) is 4.35. The van der Waals surface area contributed by atoms with Gasteiger partial charge in [-0.1, -0.05) is 6.92 Å². The van der Waals surface area contributed by atoms with Crippen molar-refractivity contribution in [2.45, 2.75) is 20.3 Å². The van der Waals surface area contributed by atoms with E-state index >= 15 is 0 Å². The predicted molar refractivity (Wildman–Crippen MR) is 75.6 cm³/mol. The quantitative estimate of drug-likeness (QED) is 0.888. The molecule has 18 heavy (non-hydrogen) atoms. The van der Waals surface area contributed by atoms with E-state index in [4.69, 9.17) is 0 Å². The van der Waals surface area contributed by atoms with Gasteiger partial charge in [0, 0.05) is 47.5 Å². The van der Waals surface area contributed by atoms with Crippen LogP contribution in [0.3, 0.4) is 0 Å². The van der Waals surface area contributed by atoms with Crippen molar-refractivity contribution in [3.8, 4) is 0 Å². The Kier molecular flexibility index (Phi) is 4.52. The molecular formula is C12H20N4OS. The average Bonchev–Trinajstić information content (AvgIpc) is 2.39. The monoisotopic (exact) mass is 268 g/mol. The fourth-order valence-electron chi connectivity index (χ4n) is 2.03. The number of nitrogens with zero attached hydrogens (tertiary/aromatic N) is 3. The van der Waals surface area contributed by atoms with Gasteiger partial charge in [0.25, 0.3) is 0 Å². The van der Waals surface area contributed by atoms with Crippen LogP contribution < -0.4 is 10.2 Å². The maximum atomic E-state index is 11.4. The minimum Gasteiger partial charge on any atom is -0.370 e. The van der Waals surface area contributed by atoms with Crippen LogP contribution in [-0.2, 0) is 10.8 Å². The Morgan fingerprint density at radius 1 is 1.39 bits per heavy atom. The lowest BCUT2D eigenvalue weighted by Crippen LogP contribution is -2.38. The van der Waals surface area contributed by atoms with E-state index in [0.717, 1.165) is 54.8 Å². The van der Waals surface area contributed by atoms with Gasteiger partial charge in [0.05, 0.1) is 0 Å². The molecule has 1 aliphatic rings. The molecule has 1 N–H and O–H groups in total. The highest BCUT2D eigenvalue weighted by Gasteiger charge is 2.19. The zero-order valence-electron chi connectivity index (χ0n) is 11.0. The second-order valence-corrected chi connectivity index (χ2v) is 6.13. The summed E-state index contributed by atoms with van der Waals surface area (Å²) >= 11 is 0. The largest absolute Gasteiger partial charge is 0.370 e. The van der Waals surface area contributed by atoms with Crippen molar-refractivity contribution in [2.24, 2.45) is 0 Å². The molecule has 0 radical (unpaired) electrons. The van der Waals surface area contributed by atoms with Crippen molar-refractivity contribution in [1.29, 1.82) is 0 Å². The molecule has 1 saturated heterocycles. The van der Waals surface area contributed by atoms with E-state index in [2.05, 4.69) is 27.1 Å². The smallest absolute Gasteiger partial charge is 0.137 e. The molecule has 1 aliphatic heterocycles. The molecule has 0 unspecified atom stereocenters. The molecule has 1 fully saturated rings. The van der Waals surface area contributed by atoms with Crippen LogP contribution in [0, 0.1) is 6.92 Å². The van der Waals surface area contributed by atoms with Crippen molar-refractivity contribution >= 4 is 22.4 Å². The minimum absolute atomic E-state index is 0.652. The van der Waals surface area contributed by atoms with Crippen LogP contribution in [0.1, 0.15) is 18.9 Å². The Balaban J connectivity index is 2.15. The summed E-state index contributed by atoms with van der Waals surface area (Å²) in [6.45, 7) is 6.72. The second-order valence-electron chi connectivity index (χ2n) is 4.43. The molecule has 5 nitrogen and oxygen atoms in total. The molecular weight excluding hydrogens is 248 g/mol. The van der Waals surface area contributed by atoms with Crippen LogP contribution in [0.5, 0.6) is 0 Å². The van der Waals surface area contributed by atoms with Gasteiger partial charge < -0.3 is 10.2 Å². The van der Waals surface area contributed by atoms with Crippen LogP contribution in [0.2, 0.25) is 0 Å². The molecule has 0 aromatic carbocycles. The summed E-state index contributed by atoms with van der Waals surface area (Å²) in [6, 6.07) is 0. The standard InChI is InChI=1S/C12H20N4OS/c1-3-4-13-11-10(2)12(15-9-14-11)16-5-7-18(17)8-6-16/h9H,3-8H2,1-2H3,(H,13,14,15). The fraction of sp³-hybridized carbons (Fsp3) is 0.667. The van der Waals surface area contributed by atoms with Gasteiger partial charge in [0.15, 0.2) is 0 Å². The van der Waals surface area contributed by atoms with E-state index in [0.29, 0.717) is 0 Å². The first kappa shape index (κ1) is 13.3. The lowest BCUT2D eigenvalue weighted by atomic mass is 10.2. The first-order valence-electron chi connectivity index (χ1n) is 6.37. The Hall–Kier alpha value is -1.17. The maximum Gasteiger partial charge on any atom is 0.137 e. The van der Waals surface area contributed by atoms with Crippen molar-refractivity contribution in [3.63, 3.8) is 0 Å². The van der Waals surface area contributed by atoms with Gasteiger partial charge in [-0.3, -0.25) is 4.21 Å². The molecule has 6 heteroatoms. The number of nitrogens with one attached hydrogen (secondary N) is 1. The summed E-state index contributed by atoms with van der Waals surface area (Å²) in [7, 11) is -0.652. The third kappa shape index (κ3) is 2.98. The normalized spacial score (nSPS) is 16.9. The Morgan fingerprint density at radius 2 is 2.11 bits per heavy atom. The van der Waals surface area contributed by atoms with Gasteiger partial charge in [0.1, 0.15) is 18.0 Å². The topological polar surface area (TPSA) is 58.1 Å². The number of hydrogen-bond donors (Lipinski definition) is 1. The van der Waals surface area contributed by atoms with Gasteiger partial charge in [-0.2, -0.15) is 0 Å². The van der Waals surface area contributed by atoms with E-state index in [9.17, 15) is 4.21 Å². The molecule has 0 aliphatic carbocycles. The molecule has 0 amide bonds. The SMILES string of the molecule is CCCNc1ncnc(N2CCS(=O)CC2)c1C. The van der Waals surface area contributed by atoms with Crippen LogP contribution in [0.25, 0.3) is 0 Å². The summed E-state index contributed by atoms with van der Waals surface area (Å²) in [5.41, 5.74) is 1.08. The molecule has 1 aromatic heterocycles. The maximum absolute atomic E-state index is 11.4. The molecule has 0 spiro atoms. The first-order valence-corrected chi connectivity index (χ1v) is 7.86. The lowest BCUT2D eigenvalue weighted by Gasteiger charge is -2.28. The summed E-state index contributed by atoms with van der Waals surface area (Å²) in [5.74, 6) is 3.36. The first-order chi connectivity index (χ1) is 8.72. The number of aromatic nitrogens is 2. The Labute approximate surface area is 110 Å². The Bertz CT molecular complexity index is 428. The molecule has 2 heterocycles. The van der Waals surface area contributed by atoms with Gasteiger partial charge >= 0.3 is 0 Å².